The summed E-state index contributed by atoms with van der Waals surface area (Å²) in [5, 5.41) is 2.78. The fourth-order valence-corrected chi connectivity index (χ4v) is 2.60. The van der Waals surface area contributed by atoms with E-state index in [0.29, 0.717) is 23.8 Å². The Labute approximate surface area is 113 Å². The van der Waals surface area contributed by atoms with Crippen LogP contribution in [0.15, 0.2) is 18.2 Å². The number of hydrogen-bond acceptors (Lipinski definition) is 1. The molecule has 3 nitrogen and oxygen atoms in total. The number of carbonyl (C=O) groups excluding carboxylic acids is 1. The summed E-state index contributed by atoms with van der Waals surface area (Å²) in [7, 11) is 0. The third-order valence-electron chi connectivity index (χ3n) is 3.93. The van der Waals surface area contributed by atoms with Crippen LogP contribution in [0.5, 0.6) is 0 Å². The number of likely N-dealkylation sites (tertiary alicyclic amines) is 1. The highest BCUT2D eigenvalue weighted by Gasteiger charge is 2.24. The lowest BCUT2D eigenvalue weighted by atomic mass is 10.0. The van der Waals surface area contributed by atoms with Gasteiger partial charge in [0.15, 0.2) is 6.54 Å². The van der Waals surface area contributed by atoms with Crippen LogP contribution in [0.2, 0.25) is 0 Å². The quantitative estimate of drug-likeness (QED) is 0.854. The Hall–Kier alpha value is -1.42. The number of rotatable bonds is 3. The van der Waals surface area contributed by atoms with Crippen molar-refractivity contribution in [3.8, 4) is 0 Å². The minimum Gasteiger partial charge on any atom is -0.325 e. The first kappa shape index (κ1) is 14.0. The second-order valence-corrected chi connectivity index (χ2v) is 5.49. The molecule has 1 amide bonds. The van der Waals surface area contributed by atoms with Gasteiger partial charge >= 0.3 is 0 Å². The molecule has 1 fully saturated rings. The van der Waals surface area contributed by atoms with Crippen LogP contribution in [-0.4, -0.2) is 25.0 Å². The van der Waals surface area contributed by atoms with Gasteiger partial charge in [0.1, 0.15) is 5.82 Å². The van der Waals surface area contributed by atoms with Crippen LogP contribution in [0, 0.1) is 12.7 Å². The lowest BCUT2D eigenvalue weighted by Gasteiger charge is -2.29. The van der Waals surface area contributed by atoms with Gasteiger partial charge in [-0.2, -0.15) is 0 Å². The molecule has 0 spiro atoms. The Morgan fingerprint density at radius 3 is 2.95 bits per heavy atom. The molecule has 0 saturated carbocycles. The van der Waals surface area contributed by atoms with Gasteiger partial charge in [0, 0.05) is 5.69 Å². The van der Waals surface area contributed by atoms with Crippen LogP contribution in [0.3, 0.4) is 0 Å². The third-order valence-corrected chi connectivity index (χ3v) is 3.93. The summed E-state index contributed by atoms with van der Waals surface area (Å²) in [6, 6.07) is 5.34. The second-order valence-electron chi connectivity index (χ2n) is 5.49. The van der Waals surface area contributed by atoms with Crippen LogP contribution in [0.4, 0.5) is 10.1 Å². The topological polar surface area (TPSA) is 33.5 Å². The van der Waals surface area contributed by atoms with Crippen molar-refractivity contribution < 1.29 is 14.1 Å². The molecule has 1 aromatic rings. The first-order chi connectivity index (χ1) is 9.06. The Kier molecular flexibility index (Phi) is 4.53. The second kappa shape index (κ2) is 6.15. The molecule has 1 saturated heterocycles. The first-order valence-electron chi connectivity index (χ1n) is 6.97. The van der Waals surface area contributed by atoms with E-state index in [1.54, 1.807) is 19.1 Å². The molecule has 0 aliphatic carbocycles. The SMILES string of the molecule is Cc1ccc(NC(=O)C[NH+]2CCCC[C@@H]2C)cc1F. The van der Waals surface area contributed by atoms with Crippen LogP contribution >= 0.6 is 0 Å². The number of piperidine rings is 1. The van der Waals surface area contributed by atoms with E-state index in [2.05, 4.69) is 12.2 Å². The van der Waals surface area contributed by atoms with Gasteiger partial charge < -0.3 is 10.2 Å². The lowest BCUT2D eigenvalue weighted by Crippen LogP contribution is -3.17. The van der Waals surface area contributed by atoms with Crippen molar-refractivity contribution in [1.82, 2.24) is 0 Å². The van der Waals surface area contributed by atoms with Crippen molar-refractivity contribution in [1.29, 1.82) is 0 Å². The van der Waals surface area contributed by atoms with Crippen molar-refractivity contribution in [2.75, 3.05) is 18.4 Å². The molecular weight excluding hydrogens is 243 g/mol. The highest BCUT2D eigenvalue weighted by molar-refractivity contribution is 5.91. The maximum absolute atomic E-state index is 13.4. The van der Waals surface area contributed by atoms with Gasteiger partial charge in [-0.3, -0.25) is 4.79 Å². The van der Waals surface area contributed by atoms with Crippen molar-refractivity contribution in [2.45, 2.75) is 39.2 Å². The number of benzene rings is 1. The predicted octanol–water partition coefficient (Wildman–Crippen LogP) is 1.53. The van der Waals surface area contributed by atoms with E-state index in [9.17, 15) is 9.18 Å². The molecule has 19 heavy (non-hydrogen) atoms. The van der Waals surface area contributed by atoms with E-state index >= 15 is 0 Å². The lowest BCUT2D eigenvalue weighted by molar-refractivity contribution is -0.920. The zero-order chi connectivity index (χ0) is 13.8. The summed E-state index contributed by atoms with van der Waals surface area (Å²) >= 11 is 0. The average Bonchev–Trinajstić information content (AvgIpc) is 2.37. The molecule has 1 heterocycles. The molecule has 1 aromatic carbocycles. The molecular formula is C15H22FN2O+. The van der Waals surface area contributed by atoms with Crippen molar-refractivity contribution >= 4 is 11.6 Å². The number of hydrogen-bond donors (Lipinski definition) is 2. The fraction of sp³-hybridized carbons (Fsp3) is 0.533. The number of quaternary nitrogens is 1. The van der Waals surface area contributed by atoms with Gasteiger partial charge in [-0.25, -0.2) is 4.39 Å². The molecule has 0 radical (unpaired) electrons. The van der Waals surface area contributed by atoms with E-state index in [0.717, 1.165) is 6.54 Å². The van der Waals surface area contributed by atoms with E-state index in [1.165, 1.54) is 30.2 Å². The average molecular weight is 265 g/mol. The van der Waals surface area contributed by atoms with E-state index in [-0.39, 0.29) is 11.7 Å². The molecule has 0 bridgehead atoms. The molecule has 0 aromatic heterocycles. The van der Waals surface area contributed by atoms with Gasteiger partial charge in [0.2, 0.25) is 0 Å². The summed E-state index contributed by atoms with van der Waals surface area (Å²) in [5.74, 6) is -0.316. The smallest absolute Gasteiger partial charge is 0.279 e. The highest BCUT2D eigenvalue weighted by Crippen LogP contribution is 2.13. The Morgan fingerprint density at radius 1 is 1.47 bits per heavy atom. The molecule has 1 unspecified atom stereocenters. The zero-order valence-corrected chi connectivity index (χ0v) is 11.6. The standard InChI is InChI=1S/C15H21FN2O/c1-11-6-7-13(9-14(11)16)17-15(19)10-18-8-4-3-5-12(18)2/h6-7,9,12H,3-5,8,10H2,1-2H3,(H,17,19)/p+1/t12-/m0/s1. The fourth-order valence-electron chi connectivity index (χ4n) is 2.60. The van der Waals surface area contributed by atoms with Crippen LogP contribution < -0.4 is 10.2 Å². The largest absolute Gasteiger partial charge is 0.325 e. The van der Waals surface area contributed by atoms with Crippen LogP contribution in [-0.2, 0) is 4.79 Å². The van der Waals surface area contributed by atoms with Gasteiger partial charge in [-0.1, -0.05) is 6.07 Å². The van der Waals surface area contributed by atoms with E-state index < -0.39 is 0 Å². The number of halogens is 1. The van der Waals surface area contributed by atoms with Crippen molar-refractivity contribution in [3.05, 3.63) is 29.6 Å². The molecule has 1 aliphatic heterocycles. The van der Waals surface area contributed by atoms with Crippen molar-refractivity contribution in [2.24, 2.45) is 0 Å². The predicted molar refractivity (Wildman–Crippen MR) is 73.8 cm³/mol. The highest BCUT2D eigenvalue weighted by atomic mass is 19.1. The monoisotopic (exact) mass is 265 g/mol. The molecule has 1 aliphatic rings. The molecule has 104 valence electrons. The Morgan fingerprint density at radius 2 is 2.26 bits per heavy atom. The third kappa shape index (κ3) is 3.77. The van der Waals surface area contributed by atoms with Crippen LogP contribution in [0.25, 0.3) is 0 Å². The number of amides is 1. The number of nitrogens with one attached hydrogen (secondary N) is 2. The van der Waals surface area contributed by atoms with Gasteiger partial charge in [-0.05, 0) is 50.8 Å². The summed E-state index contributed by atoms with van der Waals surface area (Å²) in [5.41, 5.74) is 1.13. The number of carbonyl (C=O) groups is 1. The summed E-state index contributed by atoms with van der Waals surface area (Å²) in [6.45, 7) is 5.42. The van der Waals surface area contributed by atoms with E-state index in [4.69, 9.17) is 0 Å². The van der Waals surface area contributed by atoms with Gasteiger partial charge in [0.25, 0.3) is 5.91 Å². The molecule has 4 heteroatoms. The number of anilines is 1. The Bertz CT molecular complexity index is 461. The molecule has 2 N–H and O–H groups in total. The normalized spacial score (nSPS) is 23.1. The van der Waals surface area contributed by atoms with Gasteiger partial charge in [-0.15, -0.1) is 0 Å². The van der Waals surface area contributed by atoms with Gasteiger partial charge in [0.05, 0.1) is 12.6 Å². The maximum atomic E-state index is 13.4. The summed E-state index contributed by atoms with van der Waals surface area (Å²) in [6.07, 6.45) is 3.63. The molecule has 2 rings (SSSR count). The summed E-state index contributed by atoms with van der Waals surface area (Å²) in [4.78, 5) is 13.3. The molecule has 2 atom stereocenters. The maximum Gasteiger partial charge on any atom is 0.279 e. The first-order valence-corrected chi connectivity index (χ1v) is 6.97. The minimum atomic E-state index is -0.281. The van der Waals surface area contributed by atoms with Crippen molar-refractivity contribution in [3.63, 3.8) is 0 Å². The van der Waals surface area contributed by atoms with E-state index in [1.807, 2.05) is 0 Å². The summed E-state index contributed by atoms with van der Waals surface area (Å²) < 4.78 is 13.4. The zero-order valence-electron chi connectivity index (χ0n) is 11.6. The van der Waals surface area contributed by atoms with Crippen LogP contribution in [0.1, 0.15) is 31.7 Å². The minimum absolute atomic E-state index is 0.0352. The Balaban J connectivity index is 1.91. The number of aryl methyl sites for hydroxylation is 1.